The summed E-state index contributed by atoms with van der Waals surface area (Å²) in [6, 6.07) is 15.8. The van der Waals surface area contributed by atoms with Gasteiger partial charge < -0.3 is 10.4 Å². The molecule has 0 fully saturated rings. The molecule has 0 heterocycles. The molecule has 1 atom stereocenters. The van der Waals surface area contributed by atoms with Crippen LogP contribution in [0.5, 0.6) is 0 Å². The highest BCUT2D eigenvalue weighted by Crippen LogP contribution is 2.34. The predicted octanol–water partition coefficient (Wildman–Crippen LogP) is 7.04. The van der Waals surface area contributed by atoms with Crippen LogP contribution in [0.15, 0.2) is 78.0 Å². The molecule has 31 heavy (non-hydrogen) atoms. The molecule has 0 aromatic heterocycles. The zero-order chi connectivity index (χ0) is 23.0. The molecule has 4 heteroatoms. The van der Waals surface area contributed by atoms with E-state index < -0.39 is 5.97 Å². The Balaban J connectivity index is 0.00000166. The summed E-state index contributed by atoms with van der Waals surface area (Å²) in [4.78, 5) is 12.2. The van der Waals surface area contributed by atoms with E-state index in [9.17, 15) is 9.90 Å². The van der Waals surface area contributed by atoms with Gasteiger partial charge in [-0.3, -0.25) is 0 Å². The van der Waals surface area contributed by atoms with Crippen LogP contribution in [0.25, 0.3) is 5.70 Å². The van der Waals surface area contributed by atoms with Gasteiger partial charge in [0.15, 0.2) is 0 Å². The highest BCUT2D eigenvalue weighted by Gasteiger charge is 2.27. The molecular formula is C27H32ClNO2. The summed E-state index contributed by atoms with van der Waals surface area (Å²) in [5.41, 5.74) is 5.89. The minimum absolute atomic E-state index is 0.178. The number of nitrogens with one attached hydrogen (secondary N) is 1. The van der Waals surface area contributed by atoms with Crippen LogP contribution in [0.1, 0.15) is 50.8 Å². The van der Waals surface area contributed by atoms with Gasteiger partial charge in [-0.15, -0.1) is 0 Å². The second-order valence-corrected chi connectivity index (χ2v) is 7.81. The SMILES string of the molecule is C=C(N/C(C)=C(C(=O)O)/C(=C\C)C1CCc2ccccc2C1)c1cccc(Cl)c1.CC. The second-order valence-electron chi connectivity index (χ2n) is 7.37. The topological polar surface area (TPSA) is 49.3 Å². The highest BCUT2D eigenvalue weighted by atomic mass is 35.5. The van der Waals surface area contributed by atoms with Gasteiger partial charge in [0.05, 0.1) is 5.57 Å². The number of allylic oxidation sites excluding steroid dienone is 2. The fourth-order valence-corrected chi connectivity index (χ4v) is 4.28. The third kappa shape index (κ3) is 6.11. The first kappa shape index (κ1) is 24.5. The quantitative estimate of drug-likeness (QED) is 0.376. The first-order chi connectivity index (χ1) is 14.9. The van der Waals surface area contributed by atoms with E-state index in [0.717, 1.165) is 30.4 Å². The Hall–Kier alpha value is -2.78. The summed E-state index contributed by atoms with van der Waals surface area (Å²) >= 11 is 6.07. The summed E-state index contributed by atoms with van der Waals surface area (Å²) < 4.78 is 0. The fourth-order valence-electron chi connectivity index (χ4n) is 4.08. The van der Waals surface area contributed by atoms with Crippen LogP contribution in [0, 0.1) is 5.92 Å². The number of carboxylic acid groups (broad SMARTS) is 1. The van der Waals surface area contributed by atoms with Crippen molar-refractivity contribution in [3.63, 3.8) is 0 Å². The number of carboxylic acids is 1. The van der Waals surface area contributed by atoms with Crippen LogP contribution in [0.2, 0.25) is 5.02 Å². The Morgan fingerprint density at radius 1 is 1.16 bits per heavy atom. The first-order valence-corrected chi connectivity index (χ1v) is 11.2. The summed E-state index contributed by atoms with van der Waals surface area (Å²) in [5.74, 6) is -0.752. The van der Waals surface area contributed by atoms with Gasteiger partial charge in [0.1, 0.15) is 0 Å². The van der Waals surface area contributed by atoms with Crippen LogP contribution in [-0.4, -0.2) is 11.1 Å². The lowest BCUT2D eigenvalue weighted by Gasteiger charge is -2.28. The minimum atomic E-state index is -0.930. The van der Waals surface area contributed by atoms with Gasteiger partial charge in [-0.1, -0.05) is 74.5 Å². The minimum Gasteiger partial charge on any atom is -0.478 e. The predicted molar refractivity (Wildman–Crippen MR) is 131 cm³/mol. The largest absolute Gasteiger partial charge is 0.478 e. The molecule has 0 aliphatic heterocycles. The maximum atomic E-state index is 12.2. The van der Waals surface area contributed by atoms with E-state index in [1.165, 1.54) is 11.1 Å². The smallest absolute Gasteiger partial charge is 0.337 e. The van der Waals surface area contributed by atoms with E-state index in [-0.39, 0.29) is 5.92 Å². The highest BCUT2D eigenvalue weighted by molar-refractivity contribution is 6.30. The Morgan fingerprint density at radius 2 is 1.84 bits per heavy atom. The van der Waals surface area contributed by atoms with Crippen LogP contribution in [-0.2, 0) is 17.6 Å². The van der Waals surface area contributed by atoms with Crippen molar-refractivity contribution in [2.75, 3.05) is 0 Å². The Labute approximate surface area is 191 Å². The Morgan fingerprint density at radius 3 is 2.45 bits per heavy atom. The molecule has 0 radical (unpaired) electrons. The fraction of sp³-hybridized carbons (Fsp3) is 0.296. The molecule has 0 bridgehead atoms. The van der Waals surface area contributed by atoms with Crippen LogP contribution >= 0.6 is 11.6 Å². The number of rotatable bonds is 6. The van der Waals surface area contributed by atoms with Crippen molar-refractivity contribution in [1.29, 1.82) is 0 Å². The van der Waals surface area contributed by atoms with Gasteiger partial charge in [0.25, 0.3) is 0 Å². The normalized spacial score (nSPS) is 16.3. The van der Waals surface area contributed by atoms with Crippen LogP contribution < -0.4 is 5.32 Å². The van der Waals surface area contributed by atoms with Gasteiger partial charge in [0, 0.05) is 16.4 Å². The Kier molecular flexibility index (Phi) is 9.14. The molecule has 164 valence electrons. The van der Waals surface area contributed by atoms with Crippen molar-refractivity contribution in [3.05, 3.63) is 99.7 Å². The van der Waals surface area contributed by atoms with E-state index in [1.807, 2.05) is 45.0 Å². The van der Waals surface area contributed by atoms with Crippen LogP contribution in [0.4, 0.5) is 0 Å². The second kappa shape index (κ2) is 11.6. The molecular weight excluding hydrogens is 406 g/mol. The van der Waals surface area contributed by atoms with Crippen molar-refractivity contribution in [1.82, 2.24) is 5.32 Å². The number of carbonyl (C=O) groups is 1. The van der Waals surface area contributed by atoms with Crippen molar-refractivity contribution in [3.8, 4) is 0 Å². The maximum Gasteiger partial charge on any atom is 0.337 e. The zero-order valence-electron chi connectivity index (χ0n) is 18.8. The monoisotopic (exact) mass is 437 g/mol. The first-order valence-electron chi connectivity index (χ1n) is 10.8. The summed E-state index contributed by atoms with van der Waals surface area (Å²) in [5, 5.41) is 13.8. The molecule has 0 saturated heterocycles. The number of aliphatic carboxylic acids is 1. The van der Waals surface area contributed by atoms with Gasteiger partial charge in [-0.25, -0.2) is 4.79 Å². The van der Waals surface area contributed by atoms with Crippen molar-refractivity contribution >= 4 is 23.3 Å². The molecule has 2 aromatic carbocycles. The molecule has 2 N–H and O–H groups in total. The Bertz CT molecular complexity index is 1000. The van der Waals surface area contributed by atoms with E-state index in [4.69, 9.17) is 11.6 Å². The van der Waals surface area contributed by atoms with Crippen molar-refractivity contribution in [2.24, 2.45) is 5.92 Å². The van der Waals surface area contributed by atoms with Gasteiger partial charge in [-0.05, 0) is 73.4 Å². The maximum absolute atomic E-state index is 12.2. The molecule has 1 aliphatic carbocycles. The summed E-state index contributed by atoms with van der Waals surface area (Å²) in [7, 11) is 0. The summed E-state index contributed by atoms with van der Waals surface area (Å²) in [6.07, 6.45) is 4.70. The molecule has 2 aromatic rings. The number of halogens is 1. The molecule has 0 saturated carbocycles. The van der Waals surface area contributed by atoms with E-state index in [1.54, 1.807) is 19.1 Å². The lowest BCUT2D eigenvalue weighted by molar-refractivity contribution is -0.132. The molecule has 0 spiro atoms. The molecule has 3 rings (SSSR count). The molecule has 1 aliphatic rings. The van der Waals surface area contributed by atoms with Crippen LogP contribution in [0.3, 0.4) is 0 Å². The summed E-state index contributed by atoms with van der Waals surface area (Å²) in [6.45, 7) is 11.8. The van der Waals surface area contributed by atoms with Gasteiger partial charge in [-0.2, -0.15) is 0 Å². The van der Waals surface area contributed by atoms with Gasteiger partial charge >= 0.3 is 5.97 Å². The third-order valence-corrected chi connectivity index (χ3v) is 5.72. The average Bonchev–Trinajstić information content (AvgIpc) is 2.78. The third-order valence-electron chi connectivity index (χ3n) is 5.49. The van der Waals surface area contributed by atoms with Crippen molar-refractivity contribution < 1.29 is 9.90 Å². The zero-order valence-corrected chi connectivity index (χ0v) is 19.6. The van der Waals surface area contributed by atoms with Crippen molar-refractivity contribution in [2.45, 2.75) is 47.0 Å². The number of hydrogen-bond donors (Lipinski definition) is 2. The number of fused-ring (bicyclic) bond motifs is 1. The molecule has 0 amide bonds. The van der Waals surface area contributed by atoms with E-state index >= 15 is 0 Å². The lowest BCUT2D eigenvalue weighted by atomic mass is 9.77. The van der Waals surface area contributed by atoms with E-state index in [2.05, 4.69) is 30.1 Å². The number of benzene rings is 2. The van der Waals surface area contributed by atoms with Gasteiger partial charge in [0.2, 0.25) is 0 Å². The molecule has 1 unspecified atom stereocenters. The number of aryl methyl sites for hydroxylation is 1. The van der Waals surface area contributed by atoms with E-state index in [0.29, 0.717) is 22.0 Å². The standard InChI is InChI=1S/C25H26ClNO2.C2H6/c1-4-23(21-13-12-18-8-5-6-9-20(18)14-21)24(25(28)29)17(3)27-16(2)19-10-7-11-22(26)15-19;1-2/h4-11,15,21,27H,2,12-14H2,1,3H3,(H,28,29);1-2H3/b23-4-,24-17-;. The average molecular weight is 438 g/mol. The number of hydrogen-bond acceptors (Lipinski definition) is 2. The lowest BCUT2D eigenvalue weighted by Crippen LogP contribution is -2.23. The molecule has 3 nitrogen and oxygen atoms in total.